The number of anilines is 1. The summed E-state index contributed by atoms with van der Waals surface area (Å²) in [6.45, 7) is 3.73. The molecule has 1 saturated heterocycles. The van der Waals surface area contributed by atoms with Crippen LogP contribution in [0.2, 0.25) is 5.02 Å². The highest BCUT2D eigenvalue weighted by Crippen LogP contribution is 2.24. The lowest BCUT2D eigenvalue weighted by atomic mass is 10.2. The Kier molecular flexibility index (Phi) is 6.47. The van der Waals surface area contributed by atoms with E-state index >= 15 is 0 Å². The summed E-state index contributed by atoms with van der Waals surface area (Å²) in [5.74, 6) is -0.437. The van der Waals surface area contributed by atoms with Crippen LogP contribution in [-0.2, 0) is 0 Å². The van der Waals surface area contributed by atoms with Crippen molar-refractivity contribution in [2.45, 2.75) is 38.3 Å². The minimum atomic E-state index is -0.437. The average molecular weight is 344 g/mol. The smallest absolute Gasteiger partial charge is 0.315 e. The van der Waals surface area contributed by atoms with E-state index in [1.165, 1.54) is 6.07 Å². The molecule has 2 unspecified atom stereocenters. The van der Waals surface area contributed by atoms with Gasteiger partial charge in [-0.25, -0.2) is 9.18 Å². The Morgan fingerprint density at radius 3 is 3.04 bits per heavy atom. The highest BCUT2D eigenvalue weighted by molar-refractivity contribution is 6.30. The number of hydrogen-bond acceptors (Lipinski definition) is 3. The van der Waals surface area contributed by atoms with Gasteiger partial charge in [0.25, 0.3) is 0 Å². The molecule has 2 atom stereocenters. The molecule has 0 radical (unpaired) electrons. The van der Waals surface area contributed by atoms with E-state index in [2.05, 4.69) is 10.6 Å². The van der Waals surface area contributed by atoms with E-state index in [-0.39, 0.29) is 23.2 Å². The Morgan fingerprint density at radius 2 is 2.35 bits per heavy atom. The van der Waals surface area contributed by atoms with Crippen LogP contribution >= 0.6 is 11.6 Å². The lowest BCUT2D eigenvalue weighted by Crippen LogP contribution is -2.44. The number of hydrogen-bond donors (Lipinski definition) is 3. The zero-order valence-corrected chi connectivity index (χ0v) is 13.9. The van der Waals surface area contributed by atoms with Gasteiger partial charge in [0.2, 0.25) is 0 Å². The number of halogens is 2. The molecule has 0 aromatic heterocycles. The molecule has 1 aliphatic heterocycles. The van der Waals surface area contributed by atoms with Crippen molar-refractivity contribution in [1.82, 2.24) is 10.6 Å². The van der Waals surface area contributed by atoms with Gasteiger partial charge in [-0.2, -0.15) is 0 Å². The van der Waals surface area contributed by atoms with Gasteiger partial charge in [0.05, 0.1) is 11.1 Å². The Bertz CT molecular complexity index is 544. The molecule has 2 rings (SSSR count). The highest BCUT2D eigenvalue weighted by Gasteiger charge is 2.24. The number of nitrogens with zero attached hydrogens (tertiary/aromatic N) is 1. The topological polar surface area (TPSA) is 64.6 Å². The van der Waals surface area contributed by atoms with Crippen molar-refractivity contribution < 1.29 is 14.3 Å². The third-order valence-electron chi connectivity index (χ3n) is 4.03. The molecule has 0 bridgehead atoms. The van der Waals surface area contributed by atoms with E-state index in [0.717, 1.165) is 18.7 Å². The summed E-state index contributed by atoms with van der Waals surface area (Å²) in [7, 11) is 0. The molecule has 23 heavy (non-hydrogen) atoms. The number of rotatable bonds is 6. The summed E-state index contributed by atoms with van der Waals surface area (Å²) in [5, 5.41) is 15.2. The summed E-state index contributed by atoms with van der Waals surface area (Å²) < 4.78 is 13.5. The van der Waals surface area contributed by atoms with Crippen molar-refractivity contribution in [3.05, 3.63) is 29.0 Å². The van der Waals surface area contributed by atoms with Crippen LogP contribution < -0.4 is 15.5 Å². The van der Waals surface area contributed by atoms with E-state index < -0.39 is 5.82 Å². The second kappa shape index (κ2) is 8.36. The molecule has 128 valence electrons. The van der Waals surface area contributed by atoms with E-state index in [1.807, 2.05) is 11.8 Å². The molecule has 1 aliphatic rings. The SMILES string of the molecule is CCC(O)CCNC(=O)NC1CCN(c2ccc(Cl)c(F)c2)C1. The number of carbonyl (C=O) groups is 1. The molecular weight excluding hydrogens is 321 g/mol. The van der Waals surface area contributed by atoms with Crippen molar-refractivity contribution in [2.75, 3.05) is 24.5 Å². The summed E-state index contributed by atoms with van der Waals surface area (Å²) in [5.41, 5.74) is 0.766. The number of aliphatic hydroxyl groups excluding tert-OH is 1. The van der Waals surface area contributed by atoms with E-state index in [9.17, 15) is 14.3 Å². The van der Waals surface area contributed by atoms with Gasteiger partial charge in [-0.1, -0.05) is 18.5 Å². The van der Waals surface area contributed by atoms with Crippen LogP contribution in [0.15, 0.2) is 18.2 Å². The monoisotopic (exact) mass is 343 g/mol. The Balaban J connectivity index is 1.76. The molecule has 2 amide bonds. The van der Waals surface area contributed by atoms with Gasteiger partial charge in [-0.15, -0.1) is 0 Å². The predicted octanol–water partition coefficient (Wildman–Crippen LogP) is 2.52. The van der Waals surface area contributed by atoms with Crippen LogP contribution in [0, 0.1) is 5.82 Å². The first-order valence-electron chi connectivity index (χ1n) is 7.92. The summed E-state index contributed by atoms with van der Waals surface area (Å²) >= 11 is 5.69. The van der Waals surface area contributed by atoms with Gasteiger partial charge < -0.3 is 20.6 Å². The van der Waals surface area contributed by atoms with Crippen LogP contribution in [0.3, 0.4) is 0 Å². The van der Waals surface area contributed by atoms with Crippen LogP contribution in [0.5, 0.6) is 0 Å². The van der Waals surface area contributed by atoms with Gasteiger partial charge in [-0.3, -0.25) is 0 Å². The zero-order chi connectivity index (χ0) is 16.8. The van der Waals surface area contributed by atoms with Crippen LogP contribution in [0.1, 0.15) is 26.2 Å². The molecule has 5 nitrogen and oxygen atoms in total. The molecule has 0 saturated carbocycles. The first-order chi connectivity index (χ1) is 11.0. The molecule has 1 heterocycles. The van der Waals surface area contributed by atoms with Crippen molar-refractivity contribution in [1.29, 1.82) is 0 Å². The van der Waals surface area contributed by atoms with Gasteiger partial charge in [0.15, 0.2) is 0 Å². The maximum Gasteiger partial charge on any atom is 0.315 e. The maximum atomic E-state index is 13.5. The number of aliphatic hydroxyl groups is 1. The molecule has 3 N–H and O–H groups in total. The first-order valence-corrected chi connectivity index (χ1v) is 8.29. The minimum absolute atomic E-state index is 0.0184. The quantitative estimate of drug-likeness (QED) is 0.743. The van der Waals surface area contributed by atoms with Crippen molar-refractivity contribution in [3.63, 3.8) is 0 Å². The molecule has 1 aromatic carbocycles. The van der Waals surface area contributed by atoms with Crippen molar-refractivity contribution >= 4 is 23.3 Å². The maximum absolute atomic E-state index is 13.5. The standard InChI is InChI=1S/C16H23ClFN3O2/c1-2-13(22)5-7-19-16(23)20-11-6-8-21(10-11)12-3-4-14(17)15(18)9-12/h3-4,9,11,13,22H,2,5-8,10H2,1H3,(H2,19,20,23). The van der Waals surface area contributed by atoms with Crippen LogP contribution in [0.4, 0.5) is 14.9 Å². The van der Waals surface area contributed by atoms with E-state index in [0.29, 0.717) is 25.9 Å². The van der Waals surface area contributed by atoms with Gasteiger partial charge in [0, 0.05) is 31.4 Å². The summed E-state index contributed by atoms with van der Waals surface area (Å²) in [6.07, 6.45) is 1.65. The fourth-order valence-electron chi connectivity index (χ4n) is 2.59. The predicted molar refractivity (Wildman–Crippen MR) is 89.5 cm³/mol. The first kappa shape index (κ1) is 17.8. The third kappa shape index (κ3) is 5.25. The van der Waals surface area contributed by atoms with Crippen molar-refractivity contribution in [2.24, 2.45) is 0 Å². The molecule has 7 heteroatoms. The largest absolute Gasteiger partial charge is 0.393 e. The van der Waals surface area contributed by atoms with Crippen molar-refractivity contribution in [3.8, 4) is 0 Å². The second-order valence-electron chi connectivity index (χ2n) is 5.78. The summed E-state index contributed by atoms with van der Waals surface area (Å²) in [4.78, 5) is 13.8. The molecule has 0 aliphatic carbocycles. The lowest BCUT2D eigenvalue weighted by Gasteiger charge is -2.19. The number of carbonyl (C=O) groups excluding carboxylic acids is 1. The fourth-order valence-corrected chi connectivity index (χ4v) is 2.70. The van der Waals surface area contributed by atoms with Gasteiger partial charge in [-0.05, 0) is 37.5 Å². The second-order valence-corrected chi connectivity index (χ2v) is 6.19. The average Bonchev–Trinajstić information content (AvgIpc) is 2.98. The number of urea groups is 1. The number of nitrogens with one attached hydrogen (secondary N) is 2. The van der Waals surface area contributed by atoms with Crippen LogP contribution in [-0.4, -0.2) is 42.9 Å². The number of amides is 2. The van der Waals surface area contributed by atoms with Crippen LogP contribution in [0.25, 0.3) is 0 Å². The Morgan fingerprint density at radius 1 is 1.57 bits per heavy atom. The molecule has 1 aromatic rings. The highest BCUT2D eigenvalue weighted by atomic mass is 35.5. The van der Waals surface area contributed by atoms with E-state index in [1.54, 1.807) is 12.1 Å². The number of benzene rings is 1. The normalized spacial score (nSPS) is 18.8. The molecule has 0 spiro atoms. The molecule has 1 fully saturated rings. The zero-order valence-electron chi connectivity index (χ0n) is 13.2. The lowest BCUT2D eigenvalue weighted by molar-refractivity contribution is 0.160. The Labute approximate surface area is 140 Å². The minimum Gasteiger partial charge on any atom is -0.393 e. The summed E-state index contributed by atoms with van der Waals surface area (Å²) in [6, 6.07) is 4.52. The van der Waals surface area contributed by atoms with Gasteiger partial charge in [0.1, 0.15) is 5.82 Å². The fraction of sp³-hybridized carbons (Fsp3) is 0.562. The third-order valence-corrected chi connectivity index (χ3v) is 4.33. The van der Waals surface area contributed by atoms with E-state index in [4.69, 9.17) is 11.6 Å². The van der Waals surface area contributed by atoms with Gasteiger partial charge >= 0.3 is 6.03 Å². The Hall–Kier alpha value is -1.53. The molecular formula is C16H23ClFN3O2.